The number of aromatic nitrogens is 1. The number of Topliss-reactive ketones (excluding diaryl/α,β-unsaturated/α-hetero) is 2. The van der Waals surface area contributed by atoms with Crippen LogP contribution >= 0.6 is 27.5 Å². The molecule has 2 aliphatic heterocycles. The second-order valence-corrected chi connectivity index (χ2v) is 14.7. The highest BCUT2D eigenvalue weighted by Crippen LogP contribution is 2.33. The SMILES string of the molecule is CCOC(=N)C(=O)OCC.CCOC(=O)C#N.NC1=Nc2ccc(-c3cnc(Cl)c(NS(=O)(=O)c4ccc(F)cc4)c3)cc2CC1=O.NC1=Nc2ccc(Br)cc2CC1=O. The number of ketones is 2. The summed E-state index contributed by atoms with van der Waals surface area (Å²) in [5.74, 6) is -2.79. The molecule has 0 amide bonds. The van der Waals surface area contributed by atoms with E-state index in [-0.39, 0.29) is 58.6 Å². The Labute approximate surface area is 357 Å². The van der Waals surface area contributed by atoms with Crippen molar-refractivity contribution in [3.8, 4) is 17.2 Å². The Balaban J connectivity index is 0.000000262. The van der Waals surface area contributed by atoms with Crippen LogP contribution < -0.4 is 16.2 Å². The van der Waals surface area contributed by atoms with E-state index in [2.05, 4.69) is 49.8 Å². The molecule has 4 aromatic rings. The fourth-order valence-electron chi connectivity index (χ4n) is 4.79. The van der Waals surface area contributed by atoms with E-state index in [0.29, 0.717) is 35.4 Å². The number of sulfonamides is 1. The van der Waals surface area contributed by atoms with Gasteiger partial charge in [0.05, 0.1) is 41.8 Å². The molecular weight excluding hydrogens is 891 g/mol. The molecule has 0 radical (unpaired) electrons. The van der Waals surface area contributed by atoms with Gasteiger partial charge in [-0.25, -0.2) is 37.4 Å². The largest absolute Gasteiger partial charge is 0.473 e. The van der Waals surface area contributed by atoms with Gasteiger partial charge in [-0.05, 0) is 98.1 Å². The average Bonchev–Trinajstić information content (AvgIpc) is 3.20. The second kappa shape index (κ2) is 22.6. The molecule has 3 heterocycles. The molecule has 0 saturated carbocycles. The number of pyridine rings is 1. The number of nitriles is 1. The lowest BCUT2D eigenvalue weighted by Crippen LogP contribution is -2.27. The minimum Gasteiger partial charge on any atom is -0.473 e. The van der Waals surface area contributed by atoms with Gasteiger partial charge in [-0.1, -0.05) is 33.6 Å². The maximum absolute atomic E-state index is 13.1. The lowest BCUT2D eigenvalue weighted by atomic mass is 9.98. The molecule has 0 spiro atoms. The van der Waals surface area contributed by atoms with Gasteiger partial charge in [0.2, 0.25) is 11.6 Å². The van der Waals surface area contributed by atoms with Gasteiger partial charge in [0.25, 0.3) is 15.9 Å². The summed E-state index contributed by atoms with van der Waals surface area (Å²) in [6.07, 6.45) is 1.97. The average molecular weight is 928 g/mol. The van der Waals surface area contributed by atoms with E-state index in [4.69, 9.17) is 33.7 Å². The summed E-state index contributed by atoms with van der Waals surface area (Å²) < 4.78 is 54.8. The predicted molar refractivity (Wildman–Crippen MR) is 224 cm³/mol. The summed E-state index contributed by atoms with van der Waals surface area (Å²) in [5.41, 5.74) is 15.4. The zero-order valence-electron chi connectivity index (χ0n) is 32.1. The monoisotopic (exact) mass is 926 g/mol. The lowest BCUT2D eigenvalue weighted by Gasteiger charge is -2.14. The van der Waals surface area contributed by atoms with Crippen molar-refractivity contribution in [1.82, 2.24) is 4.98 Å². The number of hydrogen-bond donors (Lipinski definition) is 4. The van der Waals surface area contributed by atoms with Crippen molar-refractivity contribution < 1.29 is 46.2 Å². The molecule has 6 rings (SSSR count). The number of rotatable bonds is 7. The van der Waals surface area contributed by atoms with Gasteiger partial charge >= 0.3 is 11.9 Å². The van der Waals surface area contributed by atoms with Gasteiger partial charge in [0.1, 0.15) is 5.82 Å². The molecule has 2 aliphatic rings. The van der Waals surface area contributed by atoms with E-state index in [1.807, 2.05) is 18.2 Å². The number of fused-ring (bicyclic) bond motifs is 2. The van der Waals surface area contributed by atoms with E-state index in [0.717, 1.165) is 40.0 Å². The van der Waals surface area contributed by atoms with Gasteiger partial charge in [-0.15, -0.1) is 0 Å². The van der Waals surface area contributed by atoms with Gasteiger partial charge in [-0.3, -0.25) is 19.7 Å². The Bertz CT molecular complexity index is 2480. The standard InChI is InChI=1S/C20H14ClFN4O3S.C9H7BrN2O.C6H11NO3.C4H5NO2/c21-19-17(26-30(28,29)15-4-2-14(22)3-5-15)8-13(10-24-19)11-1-6-16-12(7-11)9-18(27)20(23)25-16;10-6-1-2-7-5(3-6)4-8(13)9(11)12-7;1-3-9-5(7)6(8)10-4-2;1-2-7-4(6)3-5/h1-8,10,26H,9H2,(H2,23,25);1-3H,4H2,(H2,11,12);7H,3-4H2,1-2H3;2H2,1H3. The number of aliphatic imine (C=N–C) groups is 2. The van der Waals surface area contributed by atoms with E-state index in [1.54, 1.807) is 39.0 Å². The first kappa shape index (κ1) is 47.8. The van der Waals surface area contributed by atoms with Gasteiger partial charge in [-0.2, -0.15) is 5.26 Å². The molecule has 17 nitrogen and oxygen atoms in total. The van der Waals surface area contributed by atoms with Crippen LogP contribution in [-0.4, -0.2) is 74.3 Å². The number of benzene rings is 3. The van der Waals surface area contributed by atoms with E-state index in [9.17, 15) is 32.0 Å². The van der Waals surface area contributed by atoms with Gasteiger partial charge < -0.3 is 25.7 Å². The van der Waals surface area contributed by atoms with Crippen LogP contribution in [0.2, 0.25) is 5.15 Å². The maximum Gasteiger partial charge on any atom is 0.411 e. The number of nitrogens with one attached hydrogen (secondary N) is 2. The number of carbonyl (C=O) groups is 4. The number of hydrogen-bond acceptors (Lipinski definition) is 16. The van der Waals surface area contributed by atoms with E-state index < -0.39 is 33.7 Å². The van der Waals surface area contributed by atoms with Crippen molar-refractivity contribution in [3.63, 3.8) is 0 Å². The Morgan fingerprint density at radius 3 is 1.95 bits per heavy atom. The van der Waals surface area contributed by atoms with Crippen LogP contribution in [0.5, 0.6) is 0 Å². The van der Waals surface area contributed by atoms with Crippen LogP contribution in [0.4, 0.5) is 21.5 Å². The van der Waals surface area contributed by atoms with Crippen LogP contribution in [0.3, 0.4) is 0 Å². The number of halogens is 3. The zero-order chi connectivity index (χ0) is 44.6. The number of carbonyl (C=O) groups excluding carboxylic acids is 4. The van der Waals surface area contributed by atoms with Crippen LogP contribution in [0, 0.1) is 22.6 Å². The topological polar surface area (TPSA) is 279 Å². The highest BCUT2D eigenvalue weighted by Gasteiger charge is 2.21. The summed E-state index contributed by atoms with van der Waals surface area (Å²) in [6, 6.07) is 18.1. The molecule has 314 valence electrons. The molecule has 0 fully saturated rings. The fraction of sp³-hybridized carbons (Fsp3) is 0.205. The molecule has 0 atom stereocenters. The Kier molecular flexibility index (Phi) is 18.0. The van der Waals surface area contributed by atoms with E-state index >= 15 is 0 Å². The number of esters is 2. The molecule has 3 aromatic carbocycles. The number of nitrogens with zero attached hydrogens (tertiary/aromatic N) is 4. The van der Waals surface area contributed by atoms with Crippen molar-refractivity contribution in [2.45, 2.75) is 38.5 Å². The Morgan fingerprint density at radius 2 is 1.42 bits per heavy atom. The van der Waals surface area contributed by atoms with Crippen molar-refractivity contribution in [2.75, 3.05) is 24.5 Å². The summed E-state index contributed by atoms with van der Waals surface area (Å²) in [5, 5.41) is 14.6. The smallest absolute Gasteiger partial charge is 0.411 e. The molecular formula is C39H37BrClFN8O9S. The lowest BCUT2D eigenvalue weighted by molar-refractivity contribution is -0.137. The van der Waals surface area contributed by atoms with Crippen molar-refractivity contribution in [2.24, 2.45) is 21.5 Å². The van der Waals surface area contributed by atoms with Crippen LogP contribution in [0.25, 0.3) is 11.1 Å². The third kappa shape index (κ3) is 14.1. The molecule has 21 heteroatoms. The minimum absolute atomic E-state index is 0.0269. The first-order valence-electron chi connectivity index (χ1n) is 17.5. The molecule has 0 aliphatic carbocycles. The first-order chi connectivity index (χ1) is 28.4. The van der Waals surface area contributed by atoms with Crippen LogP contribution in [-0.2, 0) is 56.3 Å². The molecule has 60 heavy (non-hydrogen) atoms. The summed E-state index contributed by atoms with van der Waals surface area (Å²) >= 11 is 9.41. The second-order valence-electron chi connectivity index (χ2n) is 11.7. The Hall–Kier alpha value is -6.56. The van der Waals surface area contributed by atoms with Gasteiger partial charge in [0, 0.05) is 29.1 Å². The van der Waals surface area contributed by atoms with Crippen molar-refractivity contribution in [1.29, 1.82) is 10.7 Å². The normalized spacial score (nSPS) is 12.3. The highest BCUT2D eigenvalue weighted by atomic mass is 79.9. The zero-order valence-corrected chi connectivity index (χ0v) is 35.3. The maximum atomic E-state index is 13.1. The van der Waals surface area contributed by atoms with Crippen LogP contribution in [0.15, 0.2) is 92.3 Å². The van der Waals surface area contributed by atoms with Crippen LogP contribution in [0.1, 0.15) is 31.9 Å². The number of nitrogens with two attached hydrogens (primary N) is 2. The van der Waals surface area contributed by atoms with Crippen molar-refractivity contribution in [3.05, 3.63) is 99.5 Å². The van der Waals surface area contributed by atoms with Gasteiger partial charge in [0.15, 0.2) is 22.9 Å². The Morgan fingerprint density at radius 1 is 0.867 bits per heavy atom. The van der Waals surface area contributed by atoms with E-state index in [1.165, 1.54) is 18.3 Å². The first-order valence-corrected chi connectivity index (χ1v) is 20.1. The summed E-state index contributed by atoms with van der Waals surface area (Å²) in [7, 11) is -4.00. The summed E-state index contributed by atoms with van der Waals surface area (Å²) in [4.78, 5) is 55.4. The number of ether oxygens (including phenoxy) is 3. The quantitative estimate of drug-likeness (QED) is 0.0574. The fourth-order valence-corrected chi connectivity index (χ4v) is 6.46. The predicted octanol–water partition coefficient (Wildman–Crippen LogP) is 5.66. The third-order valence-electron chi connectivity index (χ3n) is 7.53. The van der Waals surface area contributed by atoms with Crippen molar-refractivity contribution >= 4 is 95.7 Å². The number of anilines is 1. The molecule has 6 N–H and O–H groups in total. The number of amidine groups is 2. The molecule has 0 bridgehead atoms. The third-order valence-corrected chi connectivity index (χ3v) is 9.71. The minimum atomic E-state index is -4.00. The molecule has 0 saturated heterocycles. The molecule has 0 unspecified atom stereocenters. The molecule has 1 aromatic heterocycles. The highest BCUT2D eigenvalue weighted by molar-refractivity contribution is 9.10. The summed E-state index contributed by atoms with van der Waals surface area (Å²) in [6.45, 7) is 5.89.